The molecule has 1 aliphatic heterocycles. The van der Waals surface area contributed by atoms with Crippen LogP contribution in [0.25, 0.3) is 44.6 Å². The Kier molecular flexibility index (Phi) is 7.19. The number of ether oxygens (including phenoxy) is 2. The Bertz CT molecular complexity index is 2130. The van der Waals surface area contributed by atoms with Crippen LogP contribution in [-0.4, -0.2) is 57.8 Å². The van der Waals surface area contributed by atoms with E-state index in [4.69, 9.17) is 9.72 Å². The van der Waals surface area contributed by atoms with Gasteiger partial charge in [-0.3, -0.25) is 10.1 Å². The van der Waals surface area contributed by atoms with Crippen LogP contribution in [0.1, 0.15) is 43.0 Å². The average Bonchev–Trinajstić information content (AvgIpc) is 3.50. The van der Waals surface area contributed by atoms with E-state index in [1.807, 2.05) is 40.8 Å². The second-order valence-corrected chi connectivity index (χ2v) is 13.5. The van der Waals surface area contributed by atoms with Crippen LogP contribution >= 0.6 is 0 Å². The molecule has 11 heteroatoms. The molecule has 3 heterocycles. The van der Waals surface area contributed by atoms with E-state index in [1.54, 1.807) is 13.2 Å². The number of carbonyl (C=O) groups excluding carboxylic acids is 2. The summed E-state index contributed by atoms with van der Waals surface area (Å²) < 4.78 is 44.9. The SMILES string of the molecule is COC(=O)Nc1ccc(-c2ccc3cc(-c4nc5cc(C(=O)N6CC7CCC6[C@@H]7C)cc(OC)c5n4C)n(CC4CC4)c3c2)c(F)c1F. The lowest BCUT2D eigenvalue weighted by molar-refractivity contribution is 0.0695. The number of anilines is 1. The van der Waals surface area contributed by atoms with Gasteiger partial charge in [0, 0.05) is 48.2 Å². The summed E-state index contributed by atoms with van der Waals surface area (Å²) in [6, 6.07) is 14.4. The summed E-state index contributed by atoms with van der Waals surface area (Å²) in [6.45, 7) is 3.80. The van der Waals surface area contributed by atoms with E-state index >= 15 is 4.39 Å². The van der Waals surface area contributed by atoms with Crippen molar-refractivity contribution >= 4 is 39.6 Å². The zero-order chi connectivity index (χ0) is 33.4. The zero-order valence-electron chi connectivity index (χ0n) is 27.3. The maximum atomic E-state index is 15.4. The molecule has 2 bridgehead atoms. The largest absolute Gasteiger partial charge is 0.494 e. The van der Waals surface area contributed by atoms with Crippen LogP contribution in [0.3, 0.4) is 0 Å². The number of rotatable bonds is 7. The number of fused-ring (bicyclic) bond motifs is 4. The molecule has 0 radical (unpaired) electrons. The highest BCUT2D eigenvalue weighted by Gasteiger charge is 2.46. The van der Waals surface area contributed by atoms with E-state index in [-0.39, 0.29) is 23.2 Å². The fourth-order valence-electron chi connectivity index (χ4n) is 7.92. The molecule has 3 aliphatic rings. The molecule has 8 rings (SSSR count). The highest BCUT2D eigenvalue weighted by Crippen LogP contribution is 2.44. The number of hydrogen-bond acceptors (Lipinski definition) is 5. The van der Waals surface area contributed by atoms with Gasteiger partial charge in [-0.05, 0) is 85.4 Å². The number of nitrogens with zero attached hydrogens (tertiary/aromatic N) is 4. The van der Waals surface area contributed by atoms with Crippen molar-refractivity contribution in [2.45, 2.75) is 45.2 Å². The first kappa shape index (κ1) is 30.4. The molecule has 2 amide bonds. The standard InChI is InChI=1S/C37H37F2N5O4/c1-19-23-9-12-28(19)44(18-23)36(45)24-13-27-34(31(16-24)47-3)42(2)35(40-27)30-15-22-8-7-21(14-29(22)43(30)17-20-5-6-20)25-10-11-26(33(39)32(25)38)41-37(46)48-4/h7-8,10-11,13-16,19-20,23,28H,5-6,9,12,17-18H2,1-4H3,(H,41,46)/t19-,23?,28?/m1/s1. The van der Waals surface area contributed by atoms with Crippen molar-refractivity contribution in [3.63, 3.8) is 0 Å². The minimum Gasteiger partial charge on any atom is -0.494 e. The van der Waals surface area contributed by atoms with Crippen LogP contribution in [0.5, 0.6) is 5.75 Å². The molecule has 1 saturated heterocycles. The predicted molar refractivity (Wildman–Crippen MR) is 179 cm³/mol. The lowest BCUT2D eigenvalue weighted by Crippen LogP contribution is -2.38. The monoisotopic (exact) mass is 653 g/mol. The molecule has 3 atom stereocenters. The molecule has 3 aromatic carbocycles. The number of carbonyl (C=O) groups is 2. The third-order valence-electron chi connectivity index (χ3n) is 10.8. The van der Waals surface area contributed by atoms with Gasteiger partial charge in [0.2, 0.25) is 0 Å². The number of piperidine rings is 1. The van der Waals surface area contributed by atoms with Crippen LogP contribution < -0.4 is 10.1 Å². The molecular formula is C37H37F2N5O4. The number of imidazole rings is 1. The number of nitrogens with one attached hydrogen (secondary N) is 1. The van der Waals surface area contributed by atoms with Crippen molar-refractivity contribution in [1.82, 2.24) is 19.0 Å². The van der Waals surface area contributed by atoms with Gasteiger partial charge in [-0.1, -0.05) is 19.1 Å². The number of methoxy groups -OCH3 is 2. The second kappa shape index (κ2) is 11.4. The Morgan fingerprint density at radius 3 is 2.50 bits per heavy atom. The van der Waals surface area contributed by atoms with Crippen molar-refractivity contribution < 1.29 is 27.8 Å². The summed E-state index contributed by atoms with van der Waals surface area (Å²) in [7, 11) is 4.71. The predicted octanol–water partition coefficient (Wildman–Crippen LogP) is 7.61. The first-order valence-electron chi connectivity index (χ1n) is 16.5. The van der Waals surface area contributed by atoms with Gasteiger partial charge in [-0.15, -0.1) is 0 Å². The number of hydrogen-bond donors (Lipinski definition) is 1. The summed E-state index contributed by atoms with van der Waals surface area (Å²) in [6.07, 6.45) is 3.59. The second-order valence-electron chi connectivity index (χ2n) is 13.5. The summed E-state index contributed by atoms with van der Waals surface area (Å²) in [4.78, 5) is 32.5. The number of likely N-dealkylation sites (tertiary alicyclic amines) is 1. The normalized spacial score (nSPS) is 20.2. The van der Waals surface area contributed by atoms with Gasteiger partial charge in [0.25, 0.3) is 5.91 Å². The Balaban J connectivity index is 1.21. The summed E-state index contributed by atoms with van der Waals surface area (Å²) in [5.74, 6) is 0.701. The highest BCUT2D eigenvalue weighted by molar-refractivity contribution is 6.00. The van der Waals surface area contributed by atoms with E-state index < -0.39 is 17.7 Å². The van der Waals surface area contributed by atoms with Crippen molar-refractivity contribution in [1.29, 1.82) is 0 Å². The lowest BCUT2D eigenvalue weighted by atomic mass is 10.0. The van der Waals surface area contributed by atoms with E-state index in [2.05, 4.69) is 27.6 Å². The summed E-state index contributed by atoms with van der Waals surface area (Å²) in [5.41, 5.74) is 4.09. The van der Waals surface area contributed by atoms with Gasteiger partial charge in [0.05, 0.1) is 31.1 Å². The minimum absolute atomic E-state index is 0.0228. The first-order valence-corrected chi connectivity index (χ1v) is 16.5. The fraction of sp³-hybridized carbons (Fsp3) is 0.378. The highest BCUT2D eigenvalue weighted by atomic mass is 19.2. The molecule has 248 valence electrons. The number of halogens is 2. The smallest absolute Gasteiger partial charge is 0.411 e. The van der Waals surface area contributed by atoms with Gasteiger partial charge in [-0.2, -0.15) is 0 Å². The Morgan fingerprint density at radius 1 is 1.00 bits per heavy atom. The maximum absolute atomic E-state index is 15.4. The van der Waals surface area contributed by atoms with E-state index in [9.17, 15) is 14.0 Å². The van der Waals surface area contributed by atoms with Gasteiger partial charge >= 0.3 is 6.09 Å². The number of amides is 2. The molecule has 9 nitrogen and oxygen atoms in total. The molecular weight excluding hydrogens is 616 g/mol. The molecule has 3 fully saturated rings. The van der Waals surface area contributed by atoms with Gasteiger partial charge in [0.1, 0.15) is 11.3 Å². The quantitative estimate of drug-likeness (QED) is 0.195. The molecule has 2 unspecified atom stereocenters. The molecule has 2 saturated carbocycles. The topological polar surface area (TPSA) is 90.6 Å². The van der Waals surface area contributed by atoms with E-state index in [0.29, 0.717) is 40.1 Å². The third kappa shape index (κ3) is 4.81. The van der Waals surface area contributed by atoms with Gasteiger partial charge in [-0.25, -0.2) is 18.6 Å². The molecule has 2 aliphatic carbocycles. The van der Waals surface area contributed by atoms with Gasteiger partial charge in [0.15, 0.2) is 17.5 Å². The van der Waals surface area contributed by atoms with Crippen molar-refractivity contribution in [3.8, 4) is 28.4 Å². The van der Waals surface area contributed by atoms with Gasteiger partial charge < -0.3 is 23.5 Å². The van der Waals surface area contributed by atoms with Crippen LogP contribution in [0, 0.1) is 29.4 Å². The van der Waals surface area contributed by atoms with E-state index in [0.717, 1.165) is 67.4 Å². The Labute approximate surface area is 276 Å². The molecule has 2 aromatic heterocycles. The van der Waals surface area contributed by atoms with E-state index in [1.165, 1.54) is 18.6 Å². The van der Waals surface area contributed by atoms with Crippen LogP contribution in [0.4, 0.5) is 19.3 Å². The molecule has 48 heavy (non-hydrogen) atoms. The van der Waals surface area contributed by atoms with Crippen molar-refractivity contribution in [2.75, 3.05) is 26.1 Å². The first-order chi connectivity index (χ1) is 23.2. The zero-order valence-corrected chi connectivity index (χ0v) is 27.3. The number of aromatic nitrogens is 3. The van der Waals surface area contributed by atoms with Crippen molar-refractivity contribution in [2.24, 2.45) is 24.8 Å². The summed E-state index contributed by atoms with van der Waals surface area (Å²) in [5, 5.41) is 3.14. The maximum Gasteiger partial charge on any atom is 0.411 e. The Hall–Kier alpha value is -4.93. The molecule has 0 spiro atoms. The van der Waals surface area contributed by atoms with Crippen LogP contribution in [0.2, 0.25) is 0 Å². The molecule has 5 aromatic rings. The van der Waals surface area contributed by atoms with Crippen molar-refractivity contribution in [3.05, 3.63) is 65.7 Å². The average molecular weight is 654 g/mol. The number of aryl methyl sites for hydroxylation is 1. The lowest BCUT2D eigenvalue weighted by Gasteiger charge is -2.27. The third-order valence-corrected chi connectivity index (χ3v) is 10.8. The van der Waals surface area contributed by atoms with Crippen LogP contribution in [-0.2, 0) is 18.3 Å². The Morgan fingerprint density at radius 2 is 1.81 bits per heavy atom. The van der Waals surface area contributed by atoms with Crippen LogP contribution in [0.15, 0.2) is 48.5 Å². The minimum atomic E-state index is -1.16. The fourth-order valence-corrected chi connectivity index (χ4v) is 7.92. The summed E-state index contributed by atoms with van der Waals surface area (Å²) >= 11 is 0. The number of benzene rings is 3. The molecule has 1 N–H and O–H groups in total.